The van der Waals surface area contributed by atoms with Crippen LogP contribution in [0, 0.1) is 3.57 Å². The SMILES string of the molecule is CCCCCCC(=O)NN=Cc1cccc(I)c1. The number of hydrogen-bond acceptors (Lipinski definition) is 2. The van der Waals surface area contributed by atoms with Gasteiger partial charge < -0.3 is 0 Å². The Bertz CT molecular complexity index is 405. The molecule has 0 spiro atoms. The molecular weight excluding hydrogens is 339 g/mol. The topological polar surface area (TPSA) is 41.5 Å². The van der Waals surface area contributed by atoms with Gasteiger partial charge in [-0.05, 0) is 46.7 Å². The van der Waals surface area contributed by atoms with Gasteiger partial charge >= 0.3 is 0 Å². The van der Waals surface area contributed by atoms with Gasteiger partial charge in [-0.2, -0.15) is 5.10 Å². The van der Waals surface area contributed by atoms with Crippen LogP contribution in [0.15, 0.2) is 29.4 Å². The van der Waals surface area contributed by atoms with Crippen LogP contribution >= 0.6 is 22.6 Å². The maximum absolute atomic E-state index is 11.4. The Labute approximate surface area is 122 Å². The first-order chi connectivity index (χ1) is 8.72. The largest absolute Gasteiger partial charge is 0.273 e. The van der Waals surface area contributed by atoms with Crippen molar-refractivity contribution >= 4 is 34.7 Å². The summed E-state index contributed by atoms with van der Waals surface area (Å²) in [6.07, 6.45) is 6.67. The number of benzene rings is 1. The first-order valence-electron chi connectivity index (χ1n) is 6.30. The third-order valence-electron chi connectivity index (χ3n) is 2.51. The molecular formula is C14H19IN2O. The van der Waals surface area contributed by atoms with Gasteiger partial charge in [-0.3, -0.25) is 4.79 Å². The van der Waals surface area contributed by atoms with E-state index in [1.54, 1.807) is 6.21 Å². The van der Waals surface area contributed by atoms with E-state index in [1.165, 1.54) is 12.8 Å². The molecule has 0 aliphatic rings. The summed E-state index contributed by atoms with van der Waals surface area (Å²) in [7, 11) is 0. The Balaban J connectivity index is 2.25. The van der Waals surface area contributed by atoms with Crippen LogP contribution < -0.4 is 5.43 Å². The number of rotatable bonds is 7. The van der Waals surface area contributed by atoms with Gasteiger partial charge in [0, 0.05) is 9.99 Å². The van der Waals surface area contributed by atoms with Gasteiger partial charge in [-0.15, -0.1) is 0 Å². The smallest absolute Gasteiger partial charge is 0.240 e. The predicted octanol–water partition coefficient (Wildman–Crippen LogP) is 3.71. The maximum atomic E-state index is 11.4. The van der Waals surface area contributed by atoms with Gasteiger partial charge in [0.2, 0.25) is 5.91 Å². The minimum atomic E-state index is -0.00650. The van der Waals surface area contributed by atoms with E-state index < -0.39 is 0 Å². The summed E-state index contributed by atoms with van der Waals surface area (Å²) in [6, 6.07) is 7.95. The number of amides is 1. The molecule has 0 saturated carbocycles. The molecule has 0 heterocycles. The Morgan fingerprint density at radius 3 is 2.94 bits per heavy atom. The monoisotopic (exact) mass is 358 g/mol. The summed E-state index contributed by atoms with van der Waals surface area (Å²) in [5, 5.41) is 3.95. The highest BCUT2D eigenvalue weighted by molar-refractivity contribution is 14.1. The van der Waals surface area contributed by atoms with E-state index in [4.69, 9.17) is 0 Å². The molecule has 0 aliphatic heterocycles. The molecule has 0 aliphatic carbocycles. The van der Waals surface area contributed by atoms with E-state index in [0.717, 1.165) is 22.0 Å². The fourth-order valence-corrected chi connectivity index (χ4v) is 2.10. The van der Waals surface area contributed by atoms with Crippen molar-refractivity contribution in [3.05, 3.63) is 33.4 Å². The average molecular weight is 358 g/mol. The molecule has 1 N–H and O–H groups in total. The van der Waals surface area contributed by atoms with Crippen molar-refractivity contribution in [2.75, 3.05) is 0 Å². The van der Waals surface area contributed by atoms with E-state index in [2.05, 4.69) is 40.0 Å². The number of nitrogens with one attached hydrogen (secondary N) is 1. The Hall–Kier alpha value is -0.910. The quantitative estimate of drug-likeness (QED) is 0.343. The number of carbonyl (C=O) groups excluding carboxylic acids is 1. The lowest BCUT2D eigenvalue weighted by molar-refractivity contribution is -0.121. The highest BCUT2D eigenvalue weighted by Crippen LogP contribution is 2.05. The summed E-state index contributed by atoms with van der Waals surface area (Å²) in [5.74, 6) is -0.00650. The van der Waals surface area contributed by atoms with Gasteiger partial charge in [0.15, 0.2) is 0 Å². The zero-order chi connectivity index (χ0) is 13.2. The molecule has 0 fully saturated rings. The molecule has 1 rings (SSSR count). The third-order valence-corrected chi connectivity index (χ3v) is 3.18. The fourth-order valence-electron chi connectivity index (χ4n) is 1.53. The van der Waals surface area contributed by atoms with Crippen LogP contribution in [0.3, 0.4) is 0 Å². The summed E-state index contributed by atoms with van der Waals surface area (Å²) < 4.78 is 1.16. The van der Waals surface area contributed by atoms with Gasteiger partial charge in [-0.25, -0.2) is 5.43 Å². The fraction of sp³-hybridized carbons (Fsp3) is 0.429. The molecule has 18 heavy (non-hydrogen) atoms. The van der Waals surface area contributed by atoms with Gasteiger partial charge in [0.05, 0.1) is 6.21 Å². The van der Waals surface area contributed by atoms with Crippen molar-refractivity contribution < 1.29 is 4.79 Å². The summed E-state index contributed by atoms with van der Waals surface area (Å²) in [4.78, 5) is 11.4. The lowest BCUT2D eigenvalue weighted by Gasteiger charge is -1.99. The molecule has 0 bridgehead atoms. The lowest BCUT2D eigenvalue weighted by atomic mass is 10.1. The number of nitrogens with zero attached hydrogens (tertiary/aromatic N) is 1. The van der Waals surface area contributed by atoms with Crippen molar-refractivity contribution in [2.45, 2.75) is 39.0 Å². The van der Waals surface area contributed by atoms with Crippen LogP contribution in [0.25, 0.3) is 0 Å². The summed E-state index contributed by atoms with van der Waals surface area (Å²) >= 11 is 2.25. The van der Waals surface area contributed by atoms with Crippen LogP contribution in [0.5, 0.6) is 0 Å². The second-order valence-electron chi connectivity index (χ2n) is 4.16. The van der Waals surface area contributed by atoms with Gasteiger partial charge in [0.25, 0.3) is 0 Å². The molecule has 3 nitrogen and oxygen atoms in total. The minimum Gasteiger partial charge on any atom is -0.273 e. The number of halogens is 1. The first-order valence-corrected chi connectivity index (χ1v) is 7.37. The standard InChI is InChI=1S/C14H19IN2O/c1-2-3-4-5-9-14(18)17-16-11-12-7-6-8-13(15)10-12/h6-8,10-11H,2-5,9H2,1H3,(H,17,18). The summed E-state index contributed by atoms with van der Waals surface area (Å²) in [6.45, 7) is 2.16. The molecule has 1 aromatic carbocycles. The molecule has 1 aromatic rings. The second-order valence-corrected chi connectivity index (χ2v) is 5.40. The maximum Gasteiger partial charge on any atom is 0.240 e. The van der Waals surface area contributed by atoms with Crippen molar-refractivity contribution in [3.63, 3.8) is 0 Å². The number of carbonyl (C=O) groups is 1. The number of unbranched alkanes of at least 4 members (excludes halogenated alkanes) is 3. The van der Waals surface area contributed by atoms with E-state index in [0.29, 0.717) is 6.42 Å². The lowest BCUT2D eigenvalue weighted by Crippen LogP contribution is -2.16. The molecule has 4 heteroatoms. The zero-order valence-corrected chi connectivity index (χ0v) is 12.8. The second kappa shape index (κ2) is 9.08. The van der Waals surface area contributed by atoms with Crippen LogP contribution in [-0.2, 0) is 4.79 Å². The average Bonchev–Trinajstić information content (AvgIpc) is 2.35. The molecule has 0 saturated heterocycles. The van der Waals surface area contributed by atoms with Crippen LogP contribution in [0.4, 0.5) is 0 Å². The van der Waals surface area contributed by atoms with Gasteiger partial charge in [0.1, 0.15) is 0 Å². The van der Waals surface area contributed by atoms with Crippen molar-refractivity contribution in [1.82, 2.24) is 5.43 Å². The van der Waals surface area contributed by atoms with Crippen molar-refractivity contribution in [3.8, 4) is 0 Å². The number of hydrazone groups is 1. The molecule has 0 radical (unpaired) electrons. The Morgan fingerprint density at radius 2 is 2.22 bits per heavy atom. The molecule has 0 aromatic heterocycles. The normalized spacial score (nSPS) is 10.8. The minimum absolute atomic E-state index is 0.00650. The predicted molar refractivity (Wildman–Crippen MR) is 83.7 cm³/mol. The highest BCUT2D eigenvalue weighted by Gasteiger charge is 1.98. The van der Waals surface area contributed by atoms with E-state index in [1.807, 2.05) is 24.3 Å². The highest BCUT2D eigenvalue weighted by atomic mass is 127. The van der Waals surface area contributed by atoms with Crippen LogP contribution in [-0.4, -0.2) is 12.1 Å². The molecule has 1 amide bonds. The van der Waals surface area contributed by atoms with E-state index in [-0.39, 0.29) is 5.91 Å². The number of hydrogen-bond donors (Lipinski definition) is 1. The molecule has 0 unspecified atom stereocenters. The first kappa shape index (κ1) is 15.1. The van der Waals surface area contributed by atoms with Crippen molar-refractivity contribution in [2.24, 2.45) is 5.10 Å². The zero-order valence-electron chi connectivity index (χ0n) is 10.7. The van der Waals surface area contributed by atoms with E-state index >= 15 is 0 Å². The Kier molecular flexibility index (Phi) is 7.64. The molecule has 0 atom stereocenters. The Morgan fingerprint density at radius 1 is 1.39 bits per heavy atom. The van der Waals surface area contributed by atoms with E-state index in [9.17, 15) is 4.79 Å². The van der Waals surface area contributed by atoms with Gasteiger partial charge in [-0.1, -0.05) is 38.3 Å². The third kappa shape index (κ3) is 6.74. The van der Waals surface area contributed by atoms with Crippen molar-refractivity contribution in [1.29, 1.82) is 0 Å². The molecule has 98 valence electrons. The van der Waals surface area contributed by atoms with Crippen LogP contribution in [0.2, 0.25) is 0 Å². The summed E-state index contributed by atoms with van der Waals surface area (Å²) in [5.41, 5.74) is 3.55. The van der Waals surface area contributed by atoms with Crippen LogP contribution in [0.1, 0.15) is 44.6 Å².